The fraction of sp³-hybridized carbons (Fsp3) is 0.462. The molecule has 18 heavy (non-hydrogen) atoms. The molecule has 2 unspecified atom stereocenters. The van der Waals surface area contributed by atoms with E-state index in [2.05, 4.69) is 0 Å². The minimum atomic E-state index is -3.21. The monoisotopic (exact) mass is 268 g/mol. The van der Waals surface area contributed by atoms with E-state index >= 15 is 0 Å². The number of sulfone groups is 1. The lowest BCUT2D eigenvalue weighted by Crippen LogP contribution is -2.13. The highest BCUT2D eigenvalue weighted by Crippen LogP contribution is 2.32. The van der Waals surface area contributed by atoms with Crippen molar-refractivity contribution in [3.8, 4) is 0 Å². The zero-order valence-electron chi connectivity index (χ0n) is 10.4. The molecule has 1 aromatic carbocycles. The Bertz CT molecular complexity index is 589. The van der Waals surface area contributed by atoms with Gasteiger partial charge in [-0.25, -0.2) is 8.42 Å². The number of aliphatic carboxylic acids is 1. The molecule has 5 heteroatoms. The Balaban J connectivity index is 2.35. The van der Waals surface area contributed by atoms with Crippen LogP contribution in [-0.2, 0) is 27.5 Å². The van der Waals surface area contributed by atoms with Crippen molar-refractivity contribution in [2.75, 3.05) is 0 Å². The van der Waals surface area contributed by atoms with Crippen LogP contribution in [0.15, 0.2) is 23.1 Å². The lowest BCUT2D eigenvalue weighted by Gasteiger charge is -2.08. The van der Waals surface area contributed by atoms with Gasteiger partial charge in [-0.1, -0.05) is 19.1 Å². The van der Waals surface area contributed by atoms with Crippen LogP contribution >= 0.6 is 0 Å². The highest BCUT2D eigenvalue weighted by atomic mass is 32.2. The molecule has 1 aliphatic heterocycles. The van der Waals surface area contributed by atoms with Crippen LogP contribution in [0.25, 0.3) is 0 Å². The largest absolute Gasteiger partial charge is 0.481 e. The second-order valence-corrected chi connectivity index (χ2v) is 7.28. The normalized spacial score (nSPS) is 22.4. The highest BCUT2D eigenvalue weighted by Gasteiger charge is 2.33. The van der Waals surface area contributed by atoms with Crippen molar-refractivity contribution in [3.63, 3.8) is 0 Å². The van der Waals surface area contributed by atoms with Gasteiger partial charge in [0, 0.05) is 0 Å². The van der Waals surface area contributed by atoms with E-state index in [4.69, 9.17) is 5.11 Å². The van der Waals surface area contributed by atoms with Gasteiger partial charge in [-0.15, -0.1) is 0 Å². The number of hydrogen-bond donors (Lipinski definition) is 1. The molecule has 0 aliphatic carbocycles. The maximum atomic E-state index is 12.0. The van der Waals surface area contributed by atoms with Crippen LogP contribution < -0.4 is 0 Å². The zero-order valence-corrected chi connectivity index (χ0v) is 11.2. The number of rotatable bonds is 3. The van der Waals surface area contributed by atoms with Crippen LogP contribution in [0.4, 0.5) is 0 Å². The van der Waals surface area contributed by atoms with Gasteiger partial charge in [0.2, 0.25) is 0 Å². The van der Waals surface area contributed by atoms with Crippen molar-refractivity contribution in [3.05, 3.63) is 29.3 Å². The average molecular weight is 268 g/mol. The molecule has 0 radical (unpaired) electrons. The third kappa shape index (κ3) is 2.14. The molecule has 98 valence electrons. The molecule has 0 bridgehead atoms. The lowest BCUT2D eigenvalue weighted by molar-refractivity contribution is -0.141. The fourth-order valence-corrected chi connectivity index (χ4v) is 3.90. The molecule has 0 fully saturated rings. The average Bonchev–Trinajstić information content (AvgIpc) is 2.51. The Hall–Kier alpha value is -1.36. The van der Waals surface area contributed by atoms with Gasteiger partial charge in [-0.2, -0.15) is 0 Å². The van der Waals surface area contributed by atoms with E-state index in [0.29, 0.717) is 17.7 Å². The summed E-state index contributed by atoms with van der Waals surface area (Å²) in [4.78, 5) is 11.2. The molecular formula is C13H16O4S. The number of carboxylic acid groups (broad SMARTS) is 1. The molecule has 2 rings (SSSR count). The van der Waals surface area contributed by atoms with Crippen LogP contribution in [0.2, 0.25) is 0 Å². The second kappa shape index (κ2) is 4.39. The Morgan fingerprint density at radius 1 is 1.50 bits per heavy atom. The molecule has 0 spiro atoms. The first-order valence-electron chi connectivity index (χ1n) is 5.91. The molecule has 1 heterocycles. The van der Waals surface area contributed by atoms with Crippen molar-refractivity contribution in [2.45, 2.75) is 36.8 Å². The van der Waals surface area contributed by atoms with Crippen LogP contribution in [0.1, 0.15) is 25.0 Å². The molecule has 2 atom stereocenters. The van der Waals surface area contributed by atoms with E-state index in [1.807, 2.05) is 6.07 Å². The number of benzene rings is 1. The van der Waals surface area contributed by atoms with Gasteiger partial charge in [0.25, 0.3) is 0 Å². The minimum Gasteiger partial charge on any atom is -0.481 e. The predicted octanol–water partition coefficient (Wildman–Crippen LogP) is 1.67. The number of fused-ring (bicyclic) bond motifs is 1. The summed E-state index contributed by atoms with van der Waals surface area (Å²) in [5.41, 5.74) is 1.61. The van der Waals surface area contributed by atoms with Gasteiger partial charge in [-0.3, -0.25) is 4.79 Å². The Morgan fingerprint density at radius 3 is 2.78 bits per heavy atom. The van der Waals surface area contributed by atoms with Crippen LogP contribution in [0, 0.1) is 5.92 Å². The summed E-state index contributed by atoms with van der Waals surface area (Å²) in [7, 11) is -3.21. The summed E-state index contributed by atoms with van der Waals surface area (Å²) in [5.74, 6) is -1.38. The summed E-state index contributed by atoms with van der Waals surface area (Å²) < 4.78 is 24.1. The van der Waals surface area contributed by atoms with Crippen molar-refractivity contribution < 1.29 is 18.3 Å². The smallest absolute Gasteiger partial charge is 0.306 e. The third-order valence-electron chi connectivity index (χ3n) is 3.44. The van der Waals surface area contributed by atoms with Gasteiger partial charge in [0.1, 0.15) is 0 Å². The maximum absolute atomic E-state index is 12.0. The van der Waals surface area contributed by atoms with E-state index in [-0.39, 0.29) is 5.25 Å². The van der Waals surface area contributed by atoms with Gasteiger partial charge in [0.05, 0.1) is 16.1 Å². The van der Waals surface area contributed by atoms with Gasteiger partial charge < -0.3 is 5.11 Å². The highest BCUT2D eigenvalue weighted by molar-refractivity contribution is 7.92. The van der Waals surface area contributed by atoms with Crippen molar-refractivity contribution in [2.24, 2.45) is 5.92 Å². The molecule has 1 aliphatic rings. The van der Waals surface area contributed by atoms with E-state index in [1.165, 1.54) is 0 Å². The lowest BCUT2D eigenvalue weighted by atomic mass is 9.99. The summed E-state index contributed by atoms with van der Waals surface area (Å²) in [6.45, 7) is 3.32. The van der Waals surface area contributed by atoms with Crippen LogP contribution in [0.3, 0.4) is 0 Å². The zero-order chi connectivity index (χ0) is 13.5. The summed E-state index contributed by atoms with van der Waals surface area (Å²) in [6, 6.07) is 5.26. The van der Waals surface area contributed by atoms with Crippen LogP contribution in [-0.4, -0.2) is 24.7 Å². The molecule has 1 aromatic rings. The fourth-order valence-electron chi connectivity index (χ4n) is 2.24. The Morgan fingerprint density at radius 2 is 2.17 bits per heavy atom. The Labute approximate surface area is 107 Å². The van der Waals surface area contributed by atoms with Crippen LogP contribution in [0.5, 0.6) is 0 Å². The first-order chi connectivity index (χ1) is 8.32. The van der Waals surface area contributed by atoms with E-state index in [0.717, 1.165) is 11.1 Å². The van der Waals surface area contributed by atoms with Crippen molar-refractivity contribution in [1.29, 1.82) is 0 Å². The molecule has 1 N–H and O–H groups in total. The topological polar surface area (TPSA) is 71.4 Å². The Kier molecular flexibility index (Phi) is 3.19. The van der Waals surface area contributed by atoms with Gasteiger partial charge in [0.15, 0.2) is 9.84 Å². The summed E-state index contributed by atoms with van der Waals surface area (Å²) >= 11 is 0. The van der Waals surface area contributed by atoms with E-state index < -0.39 is 21.7 Å². The molecule has 0 aromatic heterocycles. The van der Waals surface area contributed by atoms with Gasteiger partial charge >= 0.3 is 5.97 Å². The van der Waals surface area contributed by atoms with E-state index in [1.54, 1.807) is 26.0 Å². The van der Waals surface area contributed by atoms with Crippen molar-refractivity contribution >= 4 is 15.8 Å². The minimum absolute atomic E-state index is 0.354. The number of carboxylic acids is 1. The van der Waals surface area contributed by atoms with E-state index in [9.17, 15) is 13.2 Å². The first kappa shape index (κ1) is 13.1. The molecule has 4 nitrogen and oxygen atoms in total. The molecule has 0 amide bonds. The summed E-state index contributed by atoms with van der Waals surface area (Å²) in [6.07, 6.45) is 0.902. The summed E-state index contributed by atoms with van der Waals surface area (Å²) in [5, 5.41) is 8.49. The maximum Gasteiger partial charge on any atom is 0.306 e. The molecule has 0 saturated carbocycles. The first-order valence-corrected chi connectivity index (χ1v) is 7.45. The van der Waals surface area contributed by atoms with Gasteiger partial charge in [-0.05, 0) is 37.0 Å². The molecule has 0 saturated heterocycles. The SMILES string of the molecule is CC(Cc1ccc2c(c1)S(=O)(=O)C(C)C2)C(=O)O. The number of carbonyl (C=O) groups is 1. The van der Waals surface area contributed by atoms with Crippen molar-refractivity contribution in [1.82, 2.24) is 0 Å². The quantitative estimate of drug-likeness (QED) is 0.905. The predicted molar refractivity (Wildman–Crippen MR) is 67.3 cm³/mol. The number of hydrogen-bond acceptors (Lipinski definition) is 3. The standard InChI is InChI=1S/C13H16O4S/c1-8(13(14)15)5-10-3-4-11-6-9(2)18(16,17)12(11)7-10/h3-4,7-9H,5-6H2,1-2H3,(H,14,15). The molecular weight excluding hydrogens is 252 g/mol. The third-order valence-corrected chi connectivity index (χ3v) is 5.66. The second-order valence-electron chi connectivity index (χ2n) is 4.95.